The Morgan fingerprint density at radius 1 is 0.903 bits per heavy atom. The van der Waals surface area contributed by atoms with Crippen LogP contribution < -0.4 is 15.6 Å². The number of phenolic OH excluding ortho intramolecular Hbond substituents is 2. The predicted molar refractivity (Wildman–Crippen MR) is 271 cm³/mol. The fourth-order valence-corrected chi connectivity index (χ4v) is 22.0. The third-order valence-electron chi connectivity index (χ3n) is 22.2. The molecule has 15 nitrogen and oxygen atoms in total. The number of hydrogen-bond acceptors (Lipinski definition) is 16. The van der Waals surface area contributed by atoms with Crippen LogP contribution in [0.1, 0.15) is 155 Å². The lowest BCUT2D eigenvalue weighted by Crippen LogP contribution is -2.77. The van der Waals surface area contributed by atoms with Crippen LogP contribution in [-0.4, -0.2) is 127 Å². The Bertz CT molecular complexity index is 2500. The molecular formula is C55H76N2O13S2. The zero-order valence-corrected chi connectivity index (χ0v) is 43.6. The third-order valence-corrected chi connectivity index (χ3v) is 24.4. The smallest absolute Gasteiger partial charge is 0.335 e. The first-order chi connectivity index (χ1) is 34.5. The molecule has 4 aliphatic heterocycles. The van der Waals surface area contributed by atoms with Gasteiger partial charge in [-0.3, -0.25) is 15.6 Å². The molecule has 6 saturated carbocycles. The van der Waals surface area contributed by atoms with Crippen molar-refractivity contribution in [3.8, 4) is 17.2 Å². The van der Waals surface area contributed by atoms with Gasteiger partial charge in [-0.15, -0.1) is 0 Å². The summed E-state index contributed by atoms with van der Waals surface area (Å²) in [6, 6.07) is 2.56. The summed E-state index contributed by atoms with van der Waals surface area (Å²) in [6.45, 7) is 3.36. The Balaban J connectivity index is 0.902. The maximum Gasteiger partial charge on any atom is 0.335 e. The van der Waals surface area contributed by atoms with E-state index in [9.17, 15) is 45.3 Å². The van der Waals surface area contributed by atoms with Crippen molar-refractivity contribution in [1.29, 1.82) is 0 Å². The van der Waals surface area contributed by atoms with Crippen LogP contribution in [-0.2, 0) is 14.2 Å². The van der Waals surface area contributed by atoms with Crippen LogP contribution in [0.5, 0.6) is 17.2 Å². The average molecular weight is 1040 g/mol. The fraction of sp³-hybridized carbons (Fsp3) is 0.782. The number of carboxylic acid groups (broad SMARTS) is 1. The number of hydrogen-bond donors (Lipinski definition) is 9. The molecule has 2 aromatic carbocycles. The van der Waals surface area contributed by atoms with Crippen molar-refractivity contribution in [2.45, 2.75) is 178 Å². The highest BCUT2D eigenvalue weighted by atomic mass is 33.1. The van der Waals surface area contributed by atoms with Gasteiger partial charge in [0.05, 0.1) is 29.7 Å². The van der Waals surface area contributed by atoms with Gasteiger partial charge in [0.1, 0.15) is 47.1 Å². The molecule has 72 heavy (non-hydrogen) atoms. The maximum absolute atomic E-state index is 12.8. The summed E-state index contributed by atoms with van der Waals surface area (Å²) in [5.74, 6) is -0.301. The Hall–Kier alpha value is -2.42. The van der Waals surface area contributed by atoms with E-state index in [1.807, 2.05) is 0 Å². The van der Waals surface area contributed by atoms with E-state index in [0.29, 0.717) is 42.9 Å². The summed E-state index contributed by atoms with van der Waals surface area (Å²) < 4.78 is 26.4. The normalized spacial score (nSPS) is 45.4. The molecule has 12 rings (SSSR count). The number of carboxylic acids is 1. The summed E-state index contributed by atoms with van der Waals surface area (Å²) in [5.41, 5.74) is 6.50. The quantitative estimate of drug-likeness (QED) is 0.0706. The number of fused-ring (bicyclic) bond motifs is 1. The first-order valence-corrected chi connectivity index (χ1v) is 29.7. The van der Waals surface area contributed by atoms with Crippen molar-refractivity contribution < 1.29 is 64.3 Å². The van der Waals surface area contributed by atoms with E-state index in [0.717, 1.165) is 49.0 Å². The molecule has 6 aliphatic carbocycles. The SMILES string of the molecule is CC(=O)c1c(C)c(O)c2cc(C(=O)O)cc(O[C@@H]3O[C@H](CO)[C@]4(CC[C@@]56C[C@]7(C[C@H]8COC[C@](CCCO)(CSSCO4)[C@H]85)C[C@@]4(CC[C@H]5CCC[C@H]8CCC[C@]89CC[C@@]54C9)C[C@@H]7NN6)[C@H](O)[C@H]3O)c2c1O. The van der Waals surface area contributed by atoms with E-state index in [2.05, 4.69) is 10.9 Å². The third kappa shape index (κ3) is 7.23. The number of nitrogens with one attached hydrogen (secondary N) is 2. The number of carbonyl (C=O) groups excluding carboxylic acids is 1. The van der Waals surface area contributed by atoms with Crippen LogP contribution in [0.2, 0.25) is 0 Å². The van der Waals surface area contributed by atoms with Gasteiger partial charge in [0, 0.05) is 46.9 Å². The van der Waals surface area contributed by atoms with Crippen molar-refractivity contribution in [3.05, 3.63) is 28.8 Å². The summed E-state index contributed by atoms with van der Waals surface area (Å²) >= 11 is 0. The summed E-state index contributed by atoms with van der Waals surface area (Å²) in [4.78, 5) is 25.2. The molecule has 4 saturated heterocycles. The van der Waals surface area contributed by atoms with Gasteiger partial charge in [-0.05, 0) is 180 Å². The number of rotatable bonds is 8. The molecule has 10 fully saturated rings. The van der Waals surface area contributed by atoms with Crippen LogP contribution in [0.4, 0.5) is 0 Å². The highest BCUT2D eigenvalue weighted by molar-refractivity contribution is 8.76. The molecule has 396 valence electrons. The highest BCUT2D eigenvalue weighted by Gasteiger charge is 2.75. The summed E-state index contributed by atoms with van der Waals surface area (Å²) in [7, 11) is 3.19. The van der Waals surface area contributed by atoms with Crippen molar-refractivity contribution in [1.82, 2.24) is 10.9 Å². The Labute approximate surface area is 430 Å². The van der Waals surface area contributed by atoms with Gasteiger partial charge >= 0.3 is 5.97 Å². The lowest BCUT2D eigenvalue weighted by Gasteiger charge is -2.67. The molecule has 17 heteroatoms. The Kier molecular flexibility index (Phi) is 12.7. The topological polar surface area (TPSA) is 237 Å². The molecule has 0 unspecified atom stereocenters. The first kappa shape index (κ1) is 50.4. The molecule has 0 amide bonds. The van der Waals surface area contributed by atoms with Crippen LogP contribution >= 0.6 is 21.6 Å². The van der Waals surface area contributed by atoms with Gasteiger partial charge in [0.15, 0.2) is 5.78 Å². The Morgan fingerprint density at radius 2 is 1.72 bits per heavy atom. The van der Waals surface area contributed by atoms with E-state index in [4.69, 9.17) is 18.9 Å². The molecule has 0 aromatic heterocycles. The van der Waals surface area contributed by atoms with Gasteiger partial charge in [-0.1, -0.05) is 34.4 Å². The van der Waals surface area contributed by atoms with E-state index in [1.165, 1.54) is 108 Å². The molecule has 4 bridgehead atoms. The lowest BCUT2D eigenvalue weighted by molar-refractivity contribution is -0.323. The summed E-state index contributed by atoms with van der Waals surface area (Å²) in [6.07, 6.45) is 15.3. The maximum atomic E-state index is 12.8. The summed E-state index contributed by atoms with van der Waals surface area (Å²) in [5, 5.41) is 79.4. The number of aromatic carboxylic acids is 1. The minimum Gasteiger partial charge on any atom is -0.507 e. The minimum atomic E-state index is -1.81. The van der Waals surface area contributed by atoms with Crippen molar-refractivity contribution in [3.63, 3.8) is 0 Å². The van der Waals surface area contributed by atoms with Crippen LogP contribution in [0.25, 0.3) is 10.8 Å². The number of benzene rings is 2. The molecule has 16 atom stereocenters. The second-order valence-corrected chi connectivity index (χ2v) is 27.5. The number of ketones is 1. The second kappa shape index (κ2) is 18.1. The number of phenols is 2. The number of hydrazine groups is 1. The van der Waals surface area contributed by atoms with Crippen LogP contribution in [0.3, 0.4) is 0 Å². The Morgan fingerprint density at radius 3 is 2.51 bits per heavy atom. The van der Waals surface area contributed by atoms with E-state index in [-0.39, 0.29) is 80.3 Å². The fourth-order valence-electron chi connectivity index (χ4n) is 19.6. The number of ether oxygens (including phenoxy) is 4. The number of Topliss-reactive ketones (excluding diaryl/α,β-unsaturated/α-hetero) is 1. The number of aromatic hydroxyl groups is 2. The lowest BCUT2D eigenvalue weighted by atomic mass is 9.46. The van der Waals surface area contributed by atoms with E-state index < -0.39 is 65.6 Å². The predicted octanol–water partition coefficient (Wildman–Crippen LogP) is 7.51. The molecule has 4 heterocycles. The first-order valence-electron chi connectivity index (χ1n) is 27.2. The van der Waals surface area contributed by atoms with Crippen LogP contribution in [0, 0.1) is 57.7 Å². The zero-order chi connectivity index (χ0) is 50.2. The standard InChI is InChI=1S/C55H76N2O13S2/c1-30-40(31(2)60)43(62)41-36(42(30)61)18-32(47(65)66)19-37(41)69-48-44(63)46(64)55(39(22-59)70-48)16-15-54-26-51(20-33-23-67-27-50(45(33)54,11-5-17-58)28-71-72-29-68-55)24-52(21-38(51)56-57-54)12-9-35-7-3-6-34-8-4-10-49(34)13-14-53(35,52)25-49/h18-19,33-35,38-39,44-46,48,56-59,61-64H,3-17,20-29H2,1-2H3,(H,65,66)/t33-,34-,35+,38-,39+,44+,45-,46+,48+,49+,50+,51-,52+,53+,54+,55+/m0/s1. The van der Waals surface area contributed by atoms with Gasteiger partial charge in [-0.2, -0.15) is 0 Å². The van der Waals surface area contributed by atoms with Crippen LogP contribution in [0.15, 0.2) is 12.1 Å². The number of aliphatic hydroxyl groups excluding tert-OH is 4. The average Bonchev–Trinajstić information content (AvgIpc) is 4.10. The van der Waals surface area contributed by atoms with Crippen molar-refractivity contribution in [2.75, 3.05) is 38.1 Å². The van der Waals surface area contributed by atoms with Gasteiger partial charge in [-0.25, -0.2) is 4.79 Å². The largest absolute Gasteiger partial charge is 0.507 e. The minimum absolute atomic E-state index is 0.00662. The monoisotopic (exact) mass is 1040 g/mol. The van der Waals surface area contributed by atoms with Crippen molar-refractivity contribution in [2.24, 2.45) is 50.7 Å². The van der Waals surface area contributed by atoms with Crippen molar-refractivity contribution >= 4 is 44.1 Å². The zero-order valence-electron chi connectivity index (χ0n) is 41.9. The second-order valence-electron chi connectivity index (χ2n) is 25.1. The number of carbonyl (C=O) groups is 2. The van der Waals surface area contributed by atoms with E-state index >= 15 is 0 Å². The molecule has 0 radical (unpaired) electrons. The van der Waals surface area contributed by atoms with Gasteiger partial charge in [0.2, 0.25) is 6.29 Å². The molecule has 6 spiro atoms. The van der Waals surface area contributed by atoms with E-state index in [1.54, 1.807) is 10.8 Å². The molecule has 10 aliphatic rings. The molecular weight excluding hydrogens is 961 g/mol. The van der Waals surface area contributed by atoms with Gasteiger partial charge < -0.3 is 54.7 Å². The number of aliphatic hydroxyl groups is 4. The molecule has 2 aromatic rings. The molecule has 9 N–H and O–H groups in total. The highest BCUT2D eigenvalue weighted by Crippen LogP contribution is 2.80. The van der Waals surface area contributed by atoms with Gasteiger partial charge in [0.25, 0.3) is 0 Å².